The first kappa shape index (κ1) is 25.1. The number of rotatable bonds is 5. The van der Waals surface area contributed by atoms with Crippen LogP contribution in [0.3, 0.4) is 0 Å². The zero-order valence-electron chi connectivity index (χ0n) is 17.0. The molecule has 1 aromatic heterocycles. The van der Waals surface area contributed by atoms with Crippen molar-refractivity contribution in [2.45, 2.75) is 43.1 Å². The second-order valence-electron chi connectivity index (χ2n) is 7.14. The van der Waals surface area contributed by atoms with E-state index in [1.165, 1.54) is 6.92 Å². The van der Waals surface area contributed by atoms with Crippen molar-refractivity contribution < 1.29 is 45.9 Å². The normalized spacial score (nSPS) is 19.1. The van der Waals surface area contributed by atoms with E-state index in [4.69, 9.17) is 4.74 Å². The lowest BCUT2D eigenvalue weighted by molar-refractivity contribution is -0.143. The number of carbonyl (C=O) groups excluding carboxylic acids is 1. The molecule has 15 heteroatoms. The minimum absolute atomic E-state index is 0.0115. The molecule has 1 aromatic carbocycles. The second kappa shape index (κ2) is 9.03. The van der Waals surface area contributed by atoms with Gasteiger partial charge in [0.2, 0.25) is 0 Å². The summed E-state index contributed by atoms with van der Waals surface area (Å²) in [6, 6.07) is 0.000220. The Morgan fingerprint density at radius 2 is 1.70 bits per heavy atom. The number of halogens is 6. The Bertz CT molecular complexity index is 1020. The van der Waals surface area contributed by atoms with Crippen molar-refractivity contribution in [3.63, 3.8) is 0 Å². The van der Waals surface area contributed by atoms with Crippen LogP contribution in [0.4, 0.5) is 31.1 Å². The van der Waals surface area contributed by atoms with Gasteiger partial charge in [0.1, 0.15) is 6.10 Å². The van der Waals surface area contributed by atoms with Crippen LogP contribution in [0.5, 0.6) is 0 Å². The van der Waals surface area contributed by atoms with Crippen molar-refractivity contribution in [2.24, 2.45) is 0 Å². The fraction of sp³-hybridized carbons (Fsp3) is 0.389. The van der Waals surface area contributed by atoms with Gasteiger partial charge in [-0.2, -0.15) is 26.3 Å². The van der Waals surface area contributed by atoms with Crippen LogP contribution in [0.1, 0.15) is 35.4 Å². The van der Waals surface area contributed by atoms with Crippen molar-refractivity contribution >= 4 is 30.4 Å². The molecule has 2 unspecified atom stereocenters. The van der Waals surface area contributed by atoms with E-state index >= 15 is 0 Å². The summed E-state index contributed by atoms with van der Waals surface area (Å²) in [5.74, 6) is 0. The summed E-state index contributed by atoms with van der Waals surface area (Å²) >= 11 is 1.13. The number of thioether (sulfide) groups is 1. The predicted octanol–water partition coefficient (Wildman–Crippen LogP) is 3.00. The fourth-order valence-electron chi connectivity index (χ4n) is 3.31. The number of carbonyl (C=O) groups is 1. The van der Waals surface area contributed by atoms with E-state index in [1.54, 1.807) is 6.26 Å². The molecule has 2 N–H and O–H groups in total. The lowest BCUT2D eigenvalue weighted by Crippen LogP contribution is -2.39. The van der Waals surface area contributed by atoms with Gasteiger partial charge in [-0.15, -0.1) is 0 Å². The maximum Gasteiger partial charge on any atom is 0.491 e. The number of hydrogen-bond donors (Lipinski definition) is 2. The lowest BCUT2D eigenvalue weighted by Gasteiger charge is -2.23. The Morgan fingerprint density at radius 3 is 2.18 bits per heavy atom. The molecule has 1 aliphatic heterocycles. The van der Waals surface area contributed by atoms with Gasteiger partial charge in [-0.05, 0) is 36.9 Å². The van der Waals surface area contributed by atoms with Gasteiger partial charge in [0.15, 0.2) is 5.16 Å². The third-order valence-electron chi connectivity index (χ3n) is 4.99. The monoisotopic (exact) mass is 495 g/mol. The van der Waals surface area contributed by atoms with Gasteiger partial charge in [0.25, 0.3) is 0 Å². The molecule has 33 heavy (non-hydrogen) atoms. The number of aromatic nitrogens is 2. The Balaban J connectivity index is 1.98. The summed E-state index contributed by atoms with van der Waals surface area (Å²) in [4.78, 5) is 21.5. The van der Waals surface area contributed by atoms with Crippen LogP contribution in [0.2, 0.25) is 0 Å². The van der Waals surface area contributed by atoms with E-state index in [0.717, 1.165) is 22.9 Å². The first-order chi connectivity index (χ1) is 15.2. The lowest BCUT2D eigenvalue weighted by atomic mass is 9.80. The molecule has 1 amide bonds. The highest BCUT2D eigenvalue weighted by Crippen LogP contribution is 2.40. The smallest absolute Gasteiger partial charge is 0.439 e. The van der Waals surface area contributed by atoms with Crippen LogP contribution in [0.25, 0.3) is 0 Å². The highest BCUT2D eigenvalue weighted by molar-refractivity contribution is 7.98. The van der Waals surface area contributed by atoms with Crippen LogP contribution in [-0.4, -0.2) is 50.4 Å². The number of ether oxygens (including phenoxy) is 1. The van der Waals surface area contributed by atoms with Crippen LogP contribution >= 0.6 is 11.8 Å². The highest BCUT2D eigenvalue weighted by atomic mass is 32.2. The molecule has 0 aliphatic carbocycles. The molecule has 2 atom stereocenters. The maximum atomic E-state index is 13.2. The van der Waals surface area contributed by atoms with Crippen LogP contribution < -0.4 is 5.46 Å². The van der Waals surface area contributed by atoms with Gasteiger partial charge >= 0.3 is 25.6 Å². The fourth-order valence-corrected chi connectivity index (χ4v) is 3.67. The third-order valence-corrected chi connectivity index (χ3v) is 5.55. The average molecular weight is 495 g/mol. The van der Waals surface area contributed by atoms with Crippen molar-refractivity contribution in [1.29, 1.82) is 0 Å². The van der Waals surface area contributed by atoms with E-state index in [0.29, 0.717) is 12.1 Å². The zero-order chi connectivity index (χ0) is 24.7. The molecule has 0 radical (unpaired) electrons. The molecule has 1 aliphatic rings. The summed E-state index contributed by atoms with van der Waals surface area (Å²) in [5.41, 5.74) is -3.61. The van der Waals surface area contributed by atoms with E-state index in [2.05, 4.69) is 9.97 Å². The molecule has 7 nitrogen and oxygen atoms in total. The van der Waals surface area contributed by atoms with Gasteiger partial charge in [-0.25, -0.2) is 14.8 Å². The average Bonchev–Trinajstić information content (AvgIpc) is 3.00. The zero-order valence-corrected chi connectivity index (χ0v) is 17.8. The van der Waals surface area contributed by atoms with E-state index < -0.39 is 54.4 Å². The second-order valence-corrected chi connectivity index (χ2v) is 7.92. The first-order valence-electron chi connectivity index (χ1n) is 9.25. The quantitative estimate of drug-likeness (QED) is 0.285. The molecular formula is C18H16BF6N3O4S. The van der Waals surface area contributed by atoms with Crippen LogP contribution in [-0.2, 0) is 23.6 Å². The minimum atomic E-state index is -5.05. The largest absolute Gasteiger partial charge is 0.491 e. The van der Waals surface area contributed by atoms with Crippen molar-refractivity contribution in [1.82, 2.24) is 14.9 Å². The number of cyclic esters (lactones) is 1. The summed E-state index contributed by atoms with van der Waals surface area (Å²) in [7, 11) is -1.97. The molecule has 2 aromatic rings. The van der Waals surface area contributed by atoms with Gasteiger partial charge in [0, 0.05) is 11.7 Å². The Hall–Kier alpha value is -2.52. The maximum absolute atomic E-state index is 13.2. The topological polar surface area (TPSA) is 95.8 Å². The van der Waals surface area contributed by atoms with Gasteiger partial charge in [-0.1, -0.05) is 11.8 Å². The Morgan fingerprint density at radius 1 is 1.12 bits per heavy atom. The molecule has 1 saturated heterocycles. The Labute approximate surface area is 187 Å². The number of nitrogens with zero attached hydrogens (tertiary/aromatic N) is 3. The number of benzene rings is 1. The summed E-state index contributed by atoms with van der Waals surface area (Å²) in [6.45, 7) is 1.04. The minimum Gasteiger partial charge on any atom is -0.439 e. The molecule has 1 fully saturated rings. The first-order valence-corrected chi connectivity index (χ1v) is 10.5. The summed E-state index contributed by atoms with van der Waals surface area (Å²) < 4.78 is 84.3. The summed E-state index contributed by atoms with van der Waals surface area (Å²) in [5, 5.41) is 19.3. The number of alkyl halides is 6. The van der Waals surface area contributed by atoms with Crippen LogP contribution in [0, 0.1) is 0 Å². The summed E-state index contributed by atoms with van der Waals surface area (Å²) in [6.07, 6.45) is -9.76. The van der Waals surface area contributed by atoms with E-state index in [-0.39, 0.29) is 28.9 Å². The van der Waals surface area contributed by atoms with Crippen molar-refractivity contribution in [3.05, 3.63) is 46.8 Å². The van der Waals surface area contributed by atoms with E-state index in [1.807, 2.05) is 0 Å². The molecule has 3 rings (SSSR count). The van der Waals surface area contributed by atoms with E-state index in [9.17, 15) is 41.2 Å². The van der Waals surface area contributed by atoms with Crippen LogP contribution in [0.15, 0.2) is 29.6 Å². The molecule has 178 valence electrons. The Kier molecular flexibility index (Phi) is 6.87. The molecule has 2 heterocycles. The predicted molar refractivity (Wildman–Crippen MR) is 104 cm³/mol. The number of amides is 1. The molecule has 0 saturated carbocycles. The molecule has 0 bridgehead atoms. The van der Waals surface area contributed by atoms with Gasteiger partial charge < -0.3 is 14.8 Å². The molecular weight excluding hydrogens is 479 g/mol. The van der Waals surface area contributed by atoms with Gasteiger partial charge in [-0.3, -0.25) is 4.90 Å². The van der Waals surface area contributed by atoms with Gasteiger partial charge in [0.05, 0.1) is 29.4 Å². The standard InChI is InChI=1S/C18H16BF6N3O4S/c1-8-14(9-3-10(17(20,21)22)5-11(4-9)18(23,24)25)32-16(29)28(8)7-13-12(19(30)31)6-26-15(27-13)33-2/h3-6,8,14,30-31H,7H2,1-2H3. The third kappa shape index (κ3) is 5.36. The van der Waals surface area contributed by atoms with Crippen molar-refractivity contribution in [3.8, 4) is 0 Å². The highest BCUT2D eigenvalue weighted by Gasteiger charge is 2.43. The molecule has 0 spiro atoms. The SMILES string of the molecule is CSc1ncc(B(O)O)c(CN2C(=O)OC(c3cc(C(F)(F)F)cc(C(F)(F)F)c3)C2C)n1. The van der Waals surface area contributed by atoms with Crippen molar-refractivity contribution in [2.75, 3.05) is 6.26 Å². The number of hydrogen-bond acceptors (Lipinski definition) is 7.